The number of nitrogens with one attached hydrogen (secondary N) is 1. The van der Waals surface area contributed by atoms with E-state index in [9.17, 15) is 9.90 Å². The summed E-state index contributed by atoms with van der Waals surface area (Å²) in [6, 6.07) is 17.5. The number of hydrogen-bond acceptors (Lipinski definition) is 2. The summed E-state index contributed by atoms with van der Waals surface area (Å²) < 4.78 is 0. The Balaban J connectivity index is 1.65. The van der Waals surface area contributed by atoms with E-state index in [4.69, 9.17) is 0 Å². The van der Waals surface area contributed by atoms with Gasteiger partial charge in [-0.15, -0.1) is 0 Å². The summed E-state index contributed by atoms with van der Waals surface area (Å²) in [4.78, 5) is 12.4. The van der Waals surface area contributed by atoms with Crippen LogP contribution in [0.5, 0.6) is 0 Å². The molecule has 2 aromatic carbocycles. The molecule has 2 N–H and O–H groups in total. The molecule has 2 aromatic rings. The fourth-order valence-electron chi connectivity index (χ4n) is 3.03. The maximum Gasteiger partial charge on any atom is 0.224 e. The molecule has 3 rings (SSSR count). The molecular weight excluding hydrogens is 274 g/mol. The third-order valence-electron chi connectivity index (χ3n) is 4.42. The SMILES string of the molecule is Cc1ccccc1C1CC1C(=O)NC(CO)c1ccccc1. The molecule has 1 aliphatic carbocycles. The summed E-state index contributed by atoms with van der Waals surface area (Å²) in [5.41, 5.74) is 3.44. The quantitative estimate of drug-likeness (QED) is 0.891. The third-order valence-corrected chi connectivity index (χ3v) is 4.42. The summed E-state index contributed by atoms with van der Waals surface area (Å²) in [7, 11) is 0. The van der Waals surface area contributed by atoms with Crippen LogP contribution in [0.15, 0.2) is 54.6 Å². The minimum atomic E-state index is -0.327. The number of carbonyl (C=O) groups is 1. The van der Waals surface area contributed by atoms with Gasteiger partial charge in [0.15, 0.2) is 0 Å². The molecule has 3 atom stereocenters. The Morgan fingerprint density at radius 3 is 2.55 bits per heavy atom. The zero-order chi connectivity index (χ0) is 15.5. The van der Waals surface area contributed by atoms with Crippen LogP contribution in [0.3, 0.4) is 0 Å². The number of hydrogen-bond donors (Lipinski definition) is 2. The first-order valence-corrected chi connectivity index (χ1v) is 7.72. The summed E-state index contributed by atoms with van der Waals surface area (Å²) in [6.45, 7) is 2.00. The Morgan fingerprint density at radius 1 is 1.18 bits per heavy atom. The van der Waals surface area contributed by atoms with Crippen LogP contribution >= 0.6 is 0 Å². The van der Waals surface area contributed by atoms with Gasteiger partial charge in [0.05, 0.1) is 12.6 Å². The van der Waals surface area contributed by atoms with Gasteiger partial charge in [0, 0.05) is 5.92 Å². The summed E-state index contributed by atoms with van der Waals surface area (Å²) in [5, 5.41) is 12.5. The summed E-state index contributed by atoms with van der Waals surface area (Å²) in [6.07, 6.45) is 0.892. The Hall–Kier alpha value is -2.13. The van der Waals surface area contributed by atoms with Crippen molar-refractivity contribution in [1.82, 2.24) is 5.32 Å². The molecule has 3 heteroatoms. The lowest BCUT2D eigenvalue weighted by Gasteiger charge is -2.17. The molecule has 0 aliphatic heterocycles. The maximum atomic E-state index is 12.4. The number of carbonyl (C=O) groups excluding carboxylic acids is 1. The van der Waals surface area contributed by atoms with Gasteiger partial charge in [-0.25, -0.2) is 0 Å². The highest BCUT2D eigenvalue weighted by Crippen LogP contribution is 2.48. The van der Waals surface area contributed by atoms with Gasteiger partial charge in [0.1, 0.15) is 0 Å². The fourth-order valence-corrected chi connectivity index (χ4v) is 3.03. The van der Waals surface area contributed by atoms with Crippen molar-refractivity contribution in [1.29, 1.82) is 0 Å². The van der Waals surface area contributed by atoms with Gasteiger partial charge >= 0.3 is 0 Å². The molecule has 3 unspecified atom stereocenters. The molecule has 3 nitrogen and oxygen atoms in total. The predicted molar refractivity (Wildman–Crippen MR) is 86.4 cm³/mol. The average molecular weight is 295 g/mol. The molecule has 0 saturated heterocycles. The van der Waals surface area contributed by atoms with Crippen molar-refractivity contribution in [2.75, 3.05) is 6.61 Å². The van der Waals surface area contributed by atoms with Gasteiger partial charge < -0.3 is 10.4 Å². The first-order valence-electron chi connectivity index (χ1n) is 7.72. The monoisotopic (exact) mass is 295 g/mol. The fraction of sp³-hybridized carbons (Fsp3) is 0.316. The summed E-state index contributed by atoms with van der Waals surface area (Å²) >= 11 is 0. The molecule has 1 amide bonds. The van der Waals surface area contributed by atoms with Crippen molar-refractivity contribution >= 4 is 5.91 Å². The molecule has 1 aliphatic rings. The number of rotatable bonds is 5. The van der Waals surface area contributed by atoms with Crippen molar-refractivity contribution < 1.29 is 9.90 Å². The van der Waals surface area contributed by atoms with Crippen LogP contribution in [0, 0.1) is 12.8 Å². The number of aryl methyl sites for hydroxylation is 1. The van der Waals surface area contributed by atoms with Crippen LogP contribution in [0.1, 0.15) is 35.1 Å². The minimum Gasteiger partial charge on any atom is -0.394 e. The number of benzene rings is 2. The molecule has 0 radical (unpaired) electrons. The van der Waals surface area contributed by atoms with Gasteiger partial charge in [-0.1, -0.05) is 54.6 Å². The van der Waals surface area contributed by atoms with Gasteiger partial charge in [-0.2, -0.15) is 0 Å². The van der Waals surface area contributed by atoms with E-state index >= 15 is 0 Å². The van der Waals surface area contributed by atoms with E-state index in [2.05, 4.69) is 24.4 Å². The number of aliphatic hydroxyl groups excluding tert-OH is 1. The van der Waals surface area contributed by atoms with Crippen molar-refractivity contribution in [2.24, 2.45) is 5.92 Å². The topological polar surface area (TPSA) is 49.3 Å². The molecular formula is C19H21NO2. The van der Waals surface area contributed by atoms with Gasteiger partial charge in [-0.05, 0) is 36.0 Å². The van der Waals surface area contributed by atoms with Crippen molar-refractivity contribution in [3.8, 4) is 0 Å². The average Bonchev–Trinajstić information content (AvgIpc) is 3.34. The Bertz CT molecular complexity index is 653. The minimum absolute atomic E-state index is 0.0267. The van der Waals surface area contributed by atoms with Gasteiger partial charge in [0.25, 0.3) is 0 Å². The van der Waals surface area contributed by atoms with Crippen molar-refractivity contribution in [3.05, 3.63) is 71.3 Å². The van der Waals surface area contributed by atoms with Crippen molar-refractivity contribution in [3.63, 3.8) is 0 Å². The second-order valence-electron chi connectivity index (χ2n) is 5.96. The van der Waals surface area contributed by atoms with E-state index in [1.807, 2.05) is 42.5 Å². The molecule has 0 spiro atoms. The highest BCUT2D eigenvalue weighted by atomic mass is 16.3. The van der Waals surface area contributed by atoms with Crippen molar-refractivity contribution in [2.45, 2.75) is 25.3 Å². The highest BCUT2D eigenvalue weighted by molar-refractivity contribution is 5.83. The van der Waals surface area contributed by atoms with Crippen LogP contribution < -0.4 is 5.32 Å². The van der Waals surface area contributed by atoms with E-state index in [-0.39, 0.29) is 24.5 Å². The molecule has 1 fully saturated rings. The van der Waals surface area contributed by atoms with E-state index < -0.39 is 0 Å². The van der Waals surface area contributed by atoms with Crippen LogP contribution in [-0.4, -0.2) is 17.6 Å². The summed E-state index contributed by atoms with van der Waals surface area (Å²) in [5.74, 6) is 0.381. The lowest BCUT2D eigenvalue weighted by molar-refractivity contribution is -0.123. The zero-order valence-electron chi connectivity index (χ0n) is 12.7. The van der Waals surface area contributed by atoms with Gasteiger partial charge in [0.2, 0.25) is 5.91 Å². The molecule has 1 saturated carbocycles. The largest absolute Gasteiger partial charge is 0.394 e. The first-order chi connectivity index (χ1) is 10.7. The molecule has 0 heterocycles. The highest BCUT2D eigenvalue weighted by Gasteiger charge is 2.44. The Labute approximate surface area is 131 Å². The normalized spacial score (nSPS) is 21.2. The van der Waals surface area contributed by atoms with E-state index in [0.29, 0.717) is 5.92 Å². The first kappa shape index (κ1) is 14.8. The second kappa shape index (κ2) is 6.32. The number of amides is 1. The predicted octanol–water partition coefficient (Wildman–Crippen LogP) is 2.95. The van der Waals surface area contributed by atoms with Gasteiger partial charge in [-0.3, -0.25) is 4.79 Å². The smallest absolute Gasteiger partial charge is 0.224 e. The Kier molecular flexibility index (Phi) is 4.25. The molecule has 114 valence electrons. The standard InChI is InChI=1S/C19H21NO2/c1-13-7-5-6-10-15(13)16-11-17(16)19(22)20-18(12-21)14-8-3-2-4-9-14/h2-10,16-18,21H,11-12H2,1H3,(H,20,22). The molecule has 0 aromatic heterocycles. The van der Waals surface area contributed by atoms with E-state index in [0.717, 1.165) is 12.0 Å². The Morgan fingerprint density at radius 2 is 1.86 bits per heavy atom. The van der Waals surface area contributed by atoms with Crippen LogP contribution in [0.4, 0.5) is 0 Å². The number of aliphatic hydroxyl groups is 1. The van der Waals surface area contributed by atoms with Crippen LogP contribution in [-0.2, 0) is 4.79 Å². The molecule has 22 heavy (non-hydrogen) atoms. The van der Waals surface area contributed by atoms with Crippen LogP contribution in [0.2, 0.25) is 0 Å². The van der Waals surface area contributed by atoms with Crippen LogP contribution in [0.25, 0.3) is 0 Å². The lowest BCUT2D eigenvalue weighted by atomic mass is 10.0. The zero-order valence-corrected chi connectivity index (χ0v) is 12.7. The third kappa shape index (κ3) is 3.04. The molecule has 0 bridgehead atoms. The van der Waals surface area contributed by atoms with E-state index in [1.165, 1.54) is 11.1 Å². The maximum absolute atomic E-state index is 12.4. The lowest BCUT2D eigenvalue weighted by Crippen LogP contribution is -2.32. The second-order valence-corrected chi connectivity index (χ2v) is 5.96. The van der Waals surface area contributed by atoms with E-state index in [1.54, 1.807) is 0 Å².